The second-order valence-electron chi connectivity index (χ2n) is 6.01. The Bertz CT molecular complexity index is 468. The molecule has 21 heavy (non-hydrogen) atoms. The van der Waals surface area contributed by atoms with E-state index in [0.29, 0.717) is 18.2 Å². The first kappa shape index (κ1) is 14.5. The van der Waals surface area contributed by atoms with Gasteiger partial charge in [-0.3, -0.25) is 9.48 Å². The third-order valence-corrected chi connectivity index (χ3v) is 4.49. The molecule has 2 aliphatic heterocycles. The van der Waals surface area contributed by atoms with Crippen molar-refractivity contribution in [1.82, 2.24) is 14.8 Å². The van der Waals surface area contributed by atoms with Gasteiger partial charge < -0.3 is 10.2 Å². The van der Waals surface area contributed by atoms with E-state index in [2.05, 4.69) is 10.4 Å². The zero-order valence-corrected chi connectivity index (χ0v) is 12.7. The third kappa shape index (κ3) is 3.63. The summed E-state index contributed by atoms with van der Waals surface area (Å²) in [4.78, 5) is 17.3. The van der Waals surface area contributed by atoms with Gasteiger partial charge in [-0.1, -0.05) is 0 Å². The SMILES string of the molecule is CON1CCC(CC(=O)Nc2cc3n(n2)CCCC3)CC1. The Morgan fingerprint density at radius 2 is 2.19 bits per heavy atom. The summed E-state index contributed by atoms with van der Waals surface area (Å²) in [6.45, 7) is 2.79. The number of carbonyl (C=O) groups is 1. The second kappa shape index (κ2) is 6.58. The van der Waals surface area contributed by atoms with Gasteiger partial charge in [-0.25, -0.2) is 0 Å². The van der Waals surface area contributed by atoms with Crippen molar-refractivity contribution in [2.75, 3.05) is 25.5 Å². The van der Waals surface area contributed by atoms with Gasteiger partial charge in [0.1, 0.15) is 0 Å². The molecule has 1 aromatic heterocycles. The predicted octanol–water partition coefficient (Wildman–Crippen LogP) is 1.82. The van der Waals surface area contributed by atoms with Crippen molar-refractivity contribution in [3.8, 4) is 0 Å². The molecule has 6 heteroatoms. The van der Waals surface area contributed by atoms with Gasteiger partial charge in [0.2, 0.25) is 5.91 Å². The highest BCUT2D eigenvalue weighted by Gasteiger charge is 2.22. The van der Waals surface area contributed by atoms with Gasteiger partial charge in [0.05, 0.1) is 7.11 Å². The lowest BCUT2D eigenvalue weighted by Gasteiger charge is -2.29. The molecule has 0 unspecified atom stereocenters. The van der Waals surface area contributed by atoms with E-state index in [-0.39, 0.29) is 5.91 Å². The summed E-state index contributed by atoms with van der Waals surface area (Å²) in [5.41, 5.74) is 1.24. The smallest absolute Gasteiger partial charge is 0.225 e. The Balaban J connectivity index is 1.49. The normalized spacial score (nSPS) is 20.2. The molecule has 6 nitrogen and oxygen atoms in total. The molecule has 1 N–H and O–H groups in total. The van der Waals surface area contributed by atoms with E-state index in [0.717, 1.165) is 38.9 Å². The van der Waals surface area contributed by atoms with E-state index in [9.17, 15) is 4.79 Å². The summed E-state index contributed by atoms with van der Waals surface area (Å²) in [6.07, 6.45) is 6.08. The van der Waals surface area contributed by atoms with Crippen molar-refractivity contribution in [2.24, 2.45) is 5.92 Å². The number of piperidine rings is 1. The lowest BCUT2D eigenvalue weighted by atomic mass is 9.94. The molecule has 116 valence electrons. The minimum atomic E-state index is 0.0845. The van der Waals surface area contributed by atoms with Crippen molar-refractivity contribution in [1.29, 1.82) is 0 Å². The molecular formula is C15H24N4O2. The highest BCUT2D eigenvalue weighted by atomic mass is 16.7. The molecule has 3 heterocycles. The Labute approximate surface area is 125 Å². The van der Waals surface area contributed by atoms with Crippen LogP contribution >= 0.6 is 0 Å². The van der Waals surface area contributed by atoms with Crippen LogP contribution in [0.2, 0.25) is 0 Å². The molecule has 0 radical (unpaired) electrons. The third-order valence-electron chi connectivity index (χ3n) is 4.49. The summed E-state index contributed by atoms with van der Waals surface area (Å²) in [5.74, 6) is 1.25. The minimum absolute atomic E-state index is 0.0845. The van der Waals surface area contributed by atoms with Gasteiger partial charge in [0, 0.05) is 37.8 Å². The van der Waals surface area contributed by atoms with Crippen molar-refractivity contribution >= 4 is 11.7 Å². The first-order chi connectivity index (χ1) is 10.2. The average Bonchev–Trinajstić information content (AvgIpc) is 2.90. The number of nitrogens with one attached hydrogen (secondary N) is 1. The maximum absolute atomic E-state index is 12.1. The molecule has 0 saturated carbocycles. The summed E-state index contributed by atoms with van der Waals surface area (Å²) in [5, 5.41) is 9.38. The summed E-state index contributed by atoms with van der Waals surface area (Å²) in [6, 6.07) is 2.02. The maximum atomic E-state index is 12.1. The Kier molecular flexibility index (Phi) is 4.55. The molecule has 0 spiro atoms. The number of aryl methyl sites for hydroxylation is 2. The molecule has 0 aliphatic carbocycles. The fourth-order valence-electron chi connectivity index (χ4n) is 3.23. The van der Waals surface area contributed by atoms with Crippen molar-refractivity contribution in [3.05, 3.63) is 11.8 Å². The highest BCUT2D eigenvalue weighted by Crippen LogP contribution is 2.22. The number of hydrogen-bond acceptors (Lipinski definition) is 4. The fraction of sp³-hybridized carbons (Fsp3) is 0.733. The number of fused-ring (bicyclic) bond motifs is 1. The lowest BCUT2D eigenvalue weighted by Crippen LogP contribution is -2.34. The highest BCUT2D eigenvalue weighted by molar-refractivity contribution is 5.89. The van der Waals surface area contributed by atoms with Crippen LogP contribution in [0.3, 0.4) is 0 Å². The molecular weight excluding hydrogens is 268 g/mol. The van der Waals surface area contributed by atoms with Crippen LogP contribution in [0.25, 0.3) is 0 Å². The minimum Gasteiger partial charge on any atom is -0.309 e. The van der Waals surface area contributed by atoms with Gasteiger partial charge in [-0.05, 0) is 38.0 Å². The molecule has 1 fully saturated rings. The van der Waals surface area contributed by atoms with Gasteiger partial charge in [0.15, 0.2) is 5.82 Å². The van der Waals surface area contributed by atoms with E-state index in [1.165, 1.54) is 18.5 Å². The van der Waals surface area contributed by atoms with Crippen LogP contribution in [0.5, 0.6) is 0 Å². The lowest BCUT2D eigenvalue weighted by molar-refractivity contribution is -0.149. The summed E-state index contributed by atoms with van der Waals surface area (Å²) in [7, 11) is 1.70. The number of amides is 1. The second-order valence-corrected chi connectivity index (χ2v) is 6.01. The summed E-state index contributed by atoms with van der Waals surface area (Å²) < 4.78 is 2.02. The molecule has 1 amide bonds. The maximum Gasteiger partial charge on any atom is 0.225 e. The fourth-order valence-corrected chi connectivity index (χ4v) is 3.23. The summed E-state index contributed by atoms with van der Waals surface area (Å²) >= 11 is 0. The topological polar surface area (TPSA) is 59.4 Å². The molecule has 0 atom stereocenters. The number of rotatable bonds is 4. The van der Waals surface area contributed by atoms with E-state index >= 15 is 0 Å². The van der Waals surface area contributed by atoms with Gasteiger partial charge >= 0.3 is 0 Å². The van der Waals surface area contributed by atoms with E-state index < -0.39 is 0 Å². The van der Waals surface area contributed by atoms with Crippen LogP contribution in [-0.2, 0) is 22.6 Å². The average molecular weight is 292 g/mol. The monoisotopic (exact) mass is 292 g/mol. The first-order valence-corrected chi connectivity index (χ1v) is 7.90. The molecule has 3 rings (SSSR count). The quantitative estimate of drug-likeness (QED) is 0.919. The Hall–Kier alpha value is -1.40. The van der Waals surface area contributed by atoms with Crippen LogP contribution in [0.4, 0.5) is 5.82 Å². The number of anilines is 1. The van der Waals surface area contributed by atoms with Crippen LogP contribution in [0.15, 0.2) is 6.07 Å². The number of hydrogen-bond donors (Lipinski definition) is 1. The molecule has 0 aromatic carbocycles. The van der Waals surface area contributed by atoms with E-state index in [1.807, 2.05) is 15.8 Å². The largest absolute Gasteiger partial charge is 0.309 e. The predicted molar refractivity (Wildman–Crippen MR) is 79.7 cm³/mol. The Morgan fingerprint density at radius 3 is 2.90 bits per heavy atom. The number of nitrogens with zero attached hydrogens (tertiary/aromatic N) is 3. The van der Waals surface area contributed by atoms with Crippen molar-refractivity contribution in [2.45, 2.75) is 45.1 Å². The molecule has 0 bridgehead atoms. The van der Waals surface area contributed by atoms with E-state index in [1.54, 1.807) is 7.11 Å². The number of hydroxylamine groups is 2. The molecule has 1 aromatic rings. The van der Waals surface area contributed by atoms with Crippen LogP contribution in [0, 0.1) is 5.92 Å². The number of carbonyl (C=O) groups excluding carboxylic acids is 1. The standard InChI is InChI=1S/C15H24N4O2/c1-21-18-8-5-12(6-9-18)10-15(20)16-14-11-13-4-2-3-7-19(13)17-14/h11-12H,2-10H2,1H3,(H,16,17,20). The van der Waals surface area contributed by atoms with Gasteiger partial charge in [0.25, 0.3) is 0 Å². The van der Waals surface area contributed by atoms with Crippen LogP contribution in [0.1, 0.15) is 37.8 Å². The zero-order chi connectivity index (χ0) is 14.7. The van der Waals surface area contributed by atoms with E-state index in [4.69, 9.17) is 4.84 Å². The van der Waals surface area contributed by atoms with Crippen LogP contribution in [-0.4, -0.2) is 41.0 Å². The number of aromatic nitrogens is 2. The van der Waals surface area contributed by atoms with Gasteiger partial charge in [-0.15, -0.1) is 0 Å². The van der Waals surface area contributed by atoms with Crippen LogP contribution < -0.4 is 5.32 Å². The van der Waals surface area contributed by atoms with Crippen molar-refractivity contribution in [3.63, 3.8) is 0 Å². The first-order valence-electron chi connectivity index (χ1n) is 7.90. The van der Waals surface area contributed by atoms with Crippen molar-refractivity contribution < 1.29 is 9.63 Å². The Morgan fingerprint density at radius 1 is 1.38 bits per heavy atom. The molecule has 1 saturated heterocycles. The zero-order valence-electron chi connectivity index (χ0n) is 12.7. The van der Waals surface area contributed by atoms with Gasteiger partial charge in [-0.2, -0.15) is 10.2 Å². The molecule has 2 aliphatic rings.